The Kier molecular flexibility index (Phi) is 6.11. The van der Waals surface area contributed by atoms with Crippen LogP contribution in [0.15, 0.2) is 42.7 Å². The van der Waals surface area contributed by atoms with Gasteiger partial charge >= 0.3 is 5.97 Å². The Balaban J connectivity index is 1.61. The van der Waals surface area contributed by atoms with Crippen LogP contribution in [-0.2, 0) is 4.74 Å². The molecule has 1 N–H and O–H groups in total. The lowest BCUT2D eigenvalue weighted by molar-refractivity contribution is 0.0524. The van der Waals surface area contributed by atoms with Gasteiger partial charge in [-0.2, -0.15) is 0 Å². The zero-order valence-electron chi connectivity index (χ0n) is 17.9. The molecule has 2 aromatic heterocycles. The van der Waals surface area contributed by atoms with E-state index in [1.54, 1.807) is 32.3 Å². The Morgan fingerprint density at radius 1 is 1.06 bits per heavy atom. The Morgan fingerprint density at radius 2 is 1.87 bits per heavy atom. The van der Waals surface area contributed by atoms with Crippen LogP contribution in [0.5, 0.6) is 0 Å². The first-order valence-electron chi connectivity index (χ1n) is 10.7. The van der Waals surface area contributed by atoms with E-state index in [0.29, 0.717) is 16.9 Å². The van der Waals surface area contributed by atoms with Crippen molar-refractivity contribution in [3.05, 3.63) is 59.7 Å². The van der Waals surface area contributed by atoms with Crippen LogP contribution >= 0.6 is 0 Å². The molecule has 1 fully saturated rings. The number of ether oxygens (including phenoxy) is 1. The quantitative estimate of drug-likeness (QED) is 0.620. The molecule has 7 heteroatoms. The molecule has 1 aliphatic rings. The molecular weight excluding hydrogens is 392 g/mol. The number of nitrogens with one attached hydrogen (secondary N) is 1. The number of rotatable bonds is 5. The summed E-state index contributed by atoms with van der Waals surface area (Å²) in [6.45, 7) is 5.81. The molecular formula is C24H26N4O3. The highest BCUT2D eigenvalue weighted by molar-refractivity contribution is 6.10. The van der Waals surface area contributed by atoms with Crippen molar-refractivity contribution in [1.29, 1.82) is 0 Å². The normalized spacial score (nSPS) is 13.8. The van der Waals surface area contributed by atoms with Gasteiger partial charge in [-0.3, -0.25) is 9.78 Å². The predicted octanol–water partition coefficient (Wildman–Crippen LogP) is 4.36. The number of hydrogen-bond acceptors (Lipinski definition) is 6. The molecule has 1 amide bonds. The van der Waals surface area contributed by atoms with E-state index in [2.05, 4.69) is 26.3 Å². The van der Waals surface area contributed by atoms with Gasteiger partial charge in [-0.15, -0.1) is 0 Å². The fraction of sp³-hybridized carbons (Fsp3) is 0.333. The van der Waals surface area contributed by atoms with Crippen LogP contribution in [-0.4, -0.2) is 41.5 Å². The number of carbonyl (C=O) groups excluding carboxylic acids is 2. The first-order chi connectivity index (χ1) is 15.1. The highest BCUT2D eigenvalue weighted by Crippen LogP contribution is 2.33. The Labute approximate surface area is 181 Å². The summed E-state index contributed by atoms with van der Waals surface area (Å²) in [4.78, 5) is 35.8. The summed E-state index contributed by atoms with van der Waals surface area (Å²) in [5.41, 5.74) is 2.91. The second-order valence-electron chi connectivity index (χ2n) is 7.61. The molecule has 3 heterocycles. The molecule has 0 atom stereocenters. The van der Waals surface area contributed by atoms with Gasteiger partial charge in [0.25, 0.3) is 5.91 Å². The van der Waals surface area contributed by atoms with Crippen molar-refractivity contribution in [3.63, 3.8) is 0 Å². The number of aromatic nitrogens is 2. The van der Waals surface area contributed by atoms with Crippen molar-refractivity contribution in [2.45, 2.75) is 33.1 Å². The number of nitrogens with zero attached hydrogens (tertiary/aromatic N) is 3. The molecule has 7 nitrogen and oxygen atoms in total. The van der Waals surface area contributed by atoms with Crippen molar-refractivity contribution in [2.75, 3.05) is 29.9 Å². The van der Waals surface area contributed by atoms with Gasteiger partial charge in [0.05, 0.1) is 23.6 Å². The molecule has 1 aromatic carbocycles. The van der Waals surface area contributed by atoms with E-state index in [9.17, 15) is 9.59 Å². The maximum absolute atomic E-state index is 12.9. The Hall–Kier alpha value is -3.48. The van der Waals surface area contributed by atoms with Gasteiger partial charge in [0.1, 0.15) is 5.69 Å². The average Bonchev–Trinajstić information content (AvgIpc) is 2.80. The average molecular weight is 418 g/mol. The molecule has 0 spiro atoms. The molecule has 0 bridgehead atoms. The summed E-state index contributed by atoms with van der Waals surface area (Å²) in [5.74, 6) is -0.779. The van der Waals surface area contributed by atoms with E-state index in [-0.39, 0.29) is 18.2 Å². The van der Waals surface area contributed by atoms with Gasteiger partial charge in [0.15, 0.2) is 0 Å². The summed E-state index contributed by atoms with van der Waals surface area (Å²) in [7, 11) is 0. The highest BCUT2D eigenvalue weighted by atomic mass is 16.5. The third-order valence-electron chi connectivity index (χ3n) is 5.55. The van der Waals surface area contributed by atoms with Gasteiger partial charge in [-0.25, -0.2) is 9.78 Å². The van der Waals surface area contributed by atoms with Crippen molar-refractivity contribution < 1.29 is 14.3 Å². The zero-order chi connectivity index (χ0) is 21.8. The number of benzene rings is 1. The van der Waals surface area contributed by atoms with Crippen LogP contribution in [0.25, 0.3) is 10.8 Å². The van der Waals surface area contributed by atoms with Gasteiger partial charge < -0.3 is 15.0 Å². The Morgan fingerprint density at radius 3 is 2.61 bits per heavy atom. The minimum atomic E-state index is -0.440. The molecule has 0 radical (unpaired) electrons. The number of aryl methyl sites for hydroxylation is 1. The topological polar surface area (TPSA) is 84.4 Å². The molecule has 0 aliphatic carbocycles. The lowest BCUT2D eigenvalue weighted by Crippen LogP contribution is -2.29. The predicted molar refractivity (Wildman–Crippen MR) is 121 cm³/mol. The van der Waals surface area contributed by atoms with Crippen LogP contribution in [0.4, 0.5) is 11.4 Å². The van der Waals surface area contributed by atoms with Crippen LogP contribution in [0.1, 0.15) is 52.7 Å². The van der Waals surface area contributed by atoms with E-state index >= 15 is 0 Å². The van der Waals surface area contributed by atoms with Crippen LogP contribution in [0.2, 0.25) is 0 Å². The molecule has 160 valence electrons. The first-order valence-corrected chi connectivity index (χ1v) is 10.7. The third-order valence-corrected chi connectivity index (χ3v) is 5.55. The summed E-state index contributed by atoms with van der Waals surface area (Å²) in [5, 5.41) is 4.91. The van der Waals surface area contributed by atoms with Gasteiger partial charge in [-0.05, 0) is 63.4 Å². The van der Waals surface area contributed by atoms with E-state index in [1.807, 2.05) is 12.1 Å². The molecule has 1 saturated heterocycles. The number of carbonyl (C=O) groups is 2. The van der Waals surface area contributed by atoms with Crippen LogP contribution in [0, 0.1) is 6.92 Å². The summed E-state index contributed by atoms with van der Waals surface area (Å²) >= 11 is 0. The van der Waals surface area contributed by atoms with Gasteiger partial charge in [0.2, 0.25) is 0 Å². The van der Waals surface area contributed by atoms with E-state index in [1.165, 1.54) is 31.0 Å². The van der Waals surface area contributed by atoms with E-state index in [0.717, 1.165) is 23.9 Å². The maximum Gasteiger partial charge on any atom is 0.339 e. The van der Waals surface area contributed by atoms with Gasteiger partial charge in [-0.1, -0.05) is 0 Å². The van der Waals surface area contributed by atoms with Crippen molar-refractivity contribution in [1.82, 2.24) is 9.97 Å². The monoisotopic (exact) mass is 418 g/mol. The van der Waals surface area contributed by atoms with E-state index in [4.69, 9.17) is 4.74 Å². The summed E-state index contributed by atoms with van der Waals surface area (Å²) < 4.78 is 5.02. The molecule has 0 unspecified atom stereocenters. The number of pyridine rings is 2. The molecule has 1 aliphatic heterocycles. The fourth-order valence-electron chi connectivity index (χ4n) is 3.99. The van der Waals surface area contributed by atoms with Crippen LogP contribution in [0.3, 0.4) is 0 Å². The number of amides is 1. The second kappa shape index (κ2) is 9.12. The fourth-order valence-corrected chi connectivity index (χ4v) is 3.99. The highest BCUT2D eigenvalue weighted by Gasteiger charge is 2.18. The standard InChI is InChI=1S/C24H26N4O3/c1-3-31-24(30)17-7-8-21(26-16(17)2)23(29)27-20-9-10-22(28-13-5-4-6-14-28)18-11-12-25-15-19(18)20/h7-12,15H,3-6,13-14H2,1-2H3,(H,27,29). The number of anilines is 2. The van der Waals surface area contributed by atoms with Crippen molar-refractivity contribution in [2.24, 2.45) is 0 Å². The summed E-state index contributed by atoms with van der Waals surface area (Å²) in [6, 6.07) is 9.09. The first kappa shape index (κ1) is 20.8. The molecule has 3 aromatic rings. The number of hydrogen-bond donors (Lipinski definition) is 1. The molecule has 0 saturated carbocycles. The van der Waals surface area contributed by atoms with Crippen molar-refractivity contribution in [3.8, 4) is 0 Å². The molecule has 4 rings (SSSR count). The summed E-state index contributed by atoms with van der Waals surface area (Å²) in [6.07, 6.45) is 7.21. The number of piperidine rings is 1. The van der Waals surface area contributed by atoms with E-state index < -0.39 is 5.97 Å². The largest absolute Gasteiger partial charge is 0.462 e. The van der Waals surface area contributed by atoms with Crippen LogP contribution < -0.4 is 10.2 Å². The SMILES string of the molecule is CCOC(=O)c1ccc(C(=O)Nc2ccc(N3CCCCC3)c3ccncc23)nc1C. The number of esters is 1. The smallest absolute Gasteiger partial charge is 0.339 e. The number of fused-ring (bicyclic) bond motifs is 1. The maximum atomic E-state index is 12.9. The lowest BCUT2D eigenvalue weighted by Gasteiger charge is -2.30. The lowest BCUT2D eigenvalue weighted by atomic mass is 10.0. The third kappa shape index (κ3) is 4.35. The van der Waals surface area contributed by atoms with Gasteiger partial charge in [0, 0.05) is 41.9 Å². The second-order valence-corrected chi connectivity index (χ2v) is 7.61. The Bertz CT molecular complexity index is 1120. The minimum Gasteiger partial charge on any atom is -0.462 e. The zero-order valence-corrected chi connectivity index (χ0v) is 17.9. The van der Waals surface area contributed by atoms with Crippen molar-refractivity contribution >= 4 is 34.0 Å². The molecule has 31 heavy (non-hydrogen) atoms. The minimum absolute atomic E-state index is 0.239.